The number of fused-ring (bicyclic) bond motifs is 1. The first-order chi connectivity index (χ1) is 12.0. The Morgan fingerprint density at radius 1 is 1.28 bits per heavy atom. The second-order valence-corrected chi connectivity index (χ2v) is 6.69. The maximum Gasteiger partial charge on any atom is 0.226 e. The summed E-state index contributed by atoms with van der Waals surface area (Å²) in [6.07, 6.45) is 2.34. The van der Waals surface area contributed by atoms with Gasteiger partial charge >= 0.3 is 0 Å². The van der Waals surface area contributed by atoms with E-state index in [2.05, 4.69) is 27.6 Å². The highest BCUT2D eigenvalue weighted by atomic mass is 35.5. The number of hydrogen-bond donors (Lipinski definition) is 1. The summed E-state index contributed by atoms with van der Waals surface area (Å²) in [6, 6.07) is 10.1. The number of carbonyl (C=O) groups is 1. The standard InChI is InChI=1S/C18H18ClN5O/c1-11-16(17(19)23(2)21-11)13-8-15(25)20-18-14(13)10-24(22-18)9-12-6-4-3-5-7-12/h3-7,10,13H,8-9H2,1-2H3,(H,20,22,25). The molecule has 4 rings (SSSR count). The number of halogens is 1. The van der Waals surface area contributed by atoms with Crippen molar-refractivity contribution in [2.75, 3.05) is 5.32 Å². The number of amides is 1. The van der Waals surface area contributed by atoms with Crippen LogP contribution in [0.3, 0.4) is 0 Å². The Morgan fingerprint density at radius 2 is 2.04 bits per heavy atom. The lowest BCUT2D eigenvalue weighted by atomic mass is 9.88. The Kier molecular flexibility index (Phi) is 3.84. The number of nitrogens with one attached hydrogen (secondary N) is 1. The van der Waals surface area contributed by atoms with Crippen LogP contribution in [0.2, 0.25) is 5.15 Å². The minimum atomic E-state index is -0.130. The van der Waals surface area contributed by atoms with Gasteiger partial charge in [0.25, 0.3) is 0 Å². The molecule has 3 heterocycles. The zero-order chi connectivity index (χ0) is 17.6. The molecule has 1 aromatic carbocycles. The first kappa shape index (κ1) is 15.9. The van der Waals surface area contributed by atoms with E-state index in [-0.39, 0.29) is 11.8 Å². The summed E-state index contributed by atoms with van der Waals surface area (Å²) in [7, 11) is 1.81. The molecule has 1 atom stereocenters. The summed E-state index contributed by atoms with van der Waals surface area (Å²) in [6.45, 7) is 2.57. The Balaban J connectivity index is 1.74. The van der Waals surface area contributed by atoms with E-state index in [0.717, 1.165) is 22.4 Å². The maximum atomic E-state index is 12.2. The number of carbonyl (C=O) groups excluding carboxylic acids is 1. The fourth-order valence-corrected chi connectivity index (χ4v) is 3.72. The first-order valence-electron chi connectivity index (χ1n) is 8.13. The molecule has 0 radical (unpaired) electrons. The predicted molar refractivity (Wildman–Crippen MR) is 95.8 cm³/mol. The van der Waals surface area contributed by atoms with Gasteiger partial charge < -0.3 is 5.32 Å². The molecule has 1 aliphatic heterocycles. The molecule has 0 saturated heterocycles. The minimum Gasteiger partial charge on any atom is -0.309 e. The smallest absolute Gasteiger partial charge is 0.226 e. The number of benzene rings is 1. The highest BCUT2D eigenvalue weighted by Crippen LogP contribution is 2.40. The molecule has 25 heavy (non-hydrogen) atoms. The zero-order valence-electron chi connectivity index (χ0n) is 14.0. The van der Waals surface area contributed by atoms with Crippen LogP contribution in [0.1, 0.15) is 34.7 Å². The molecule has 0 spiro atoms. The van der Waals surface area contributed by atoms with Crippen molar-refractivity contribution in [2.24, 2.45) is 7.05 Å². The predicted octanol–water partition coefficient (Wildman–Crippen LogP) is 3.10. The number of anilines is 1. The van der Waals surface area contributed by atoms with Gasteiger partial charge in [0.05, 0.1) is 12.2 Å². The van der Waals surface area contributed by atoms with Crippen LogP contribution < -0.4 is 5.32 Å². The molecule has 0 bridgehead atoms. The Labute approximate surface area is 150 Å². The van der Waals surface area contributed by atoms with Crippen molar-refractivity contribution < 1.29 is 4.79 Å². The van der Waals surface area contributed by atoms with E-state index in [1.807, 2.05) is 43.0 Å². The van der Waals surface area contributed by atoms with Crippen molar-refractivity contribution in [1.82, 2.24) is 19.6 Å². The molecule has 0 saturated carbocycles. The molecule has 1 N–H and O–H groups in total. The van der Waals surface area contributed by atoms with Crippen molar-refractivity contribution >= 4 is 23.3 Å². The van der Waals surface area contributed by atoms with E-state index in [1.54, 1.807) is 4.68 Å². The van der Waals surface area contributed by atoms with E-state index in [1.165, 1.54) is 0 Å². The fraction of sp³-hybridized carbons (Fsp3) is 0.278. The van der Waals surface area contributed by atoms with Crippen molar-refractivity contribution in [3.8, 4) is 0 Å². The van der Waals surface area contributed by atoms with Crippen molar-refractivity contribution in [3.05, 3.63) is 64.1 Å². The second kappa shape index (κ2) is 6.04. The van der Waals surface area contributed by atoms with Gasteiger partial charge in [-0.05, 0) is 12.5 Å². The van der Waals surface area contributed by atoms with Gasteiger partial charge in [-0.25, -0.2) is 0 Å². The van der Waals surface area contributed by atoms with Gasteiger partial charge in [-0.3, -0.25) is 14.2 Å². The van der Waals surface area contributed by atoms with Crippen LogP contribution in [0.4, 0.5) is 5.82 Å². The van der Waals surface area contributed by atoms with Crippen LogP contribution in [-0.4, -0.2) is 25.5 Å². The third-order valence-corrected chi connectivity index (χ3v) is 4.99. The summed E-state index contributed by atoms with van der Waals surface area (Å²) in [5, 5.41) is 12.4. The number of rotatable bonds is 3. The lowest BCUT2D eigenvalue weighted by Gasteiger charge is -2.21. The SMILES string of the molecule is Cc1nn(C)c(Cl)c1C1CC(=O)Nc2nn(Cc3ccccc3)cc21. The van der Waals surface area contributed by atoms with E-state index >= 15 is 0 Å². The number of hydrogen-bond acceptors (Lipinski definition) is 3. The van der Waals surface area contributed by atoms with Crippen LogP contribution in [0.15, 0.2) is 36.5 Å². The average molecular weight is 356 g/mol. The molecular formula is C18H18ClN5O. The topological polar surface area (TPSA) is 64.7 Å². The van der Waals surface area contributed by atoms with E-state index in [0.29, 0.717) is 23.9 Å². The summed E-state index contributed by atoms with van der Waals surface area (Å²) in [5.74, 6) is 0.424. The molecule has 6 nitrogen and oxygen atoms in total. The van der Waals surface area contributed by atoms with Gasteiger partial charge in [-0.15, -0.1) is 0 Å². The zero-order valence-corrected chi connectivity index (χ0v) is 14.8. The van der Waals surface area contributed by atoms with Crippen molar-refractivity contribution in [3.63, 3.8) is 0 Å². The molecule has 0 aliphatic carbocycles. The Bertz CT molecular complexity index is 944. The van der Waals surface area contributed by atoms with E-state index in [4.69, 9.17) is 11.6 Å². The molecule has 2 aromatic heterocycles. The van der Waals surface area contributed by atoms with Crippen LogP contribution in [0, 0.1) is 6.92 Å². The summed E-state index contributed by atoms with van der Waals surface area (Å²) < 4.78 is 3.50. The van der Waals surface area contributed by atoms with Crippen molar-refractivity contribution in [2.45, 2.75) is 25.8 Å². The number of aromatic nitrogens is 4. The quantitative estimate of drug-likeness (QED) is 0.785. The van der Waals surface area contributed by atoms with Gasteiger partial charge in [-0.1, -0.05) is 41.9 Å². The Hall–Kier alpha value is -2.60. The highest BCUT2D eigenvalue weighted by Gasteiger charge is 2.33. The summed E-state index contributed by atoms with van der Waals surface area (Å²) in [5.41, 5.74) is 3.88. The van der Waals surface area contributed by atoms with Crippen molar-refractivity contribution in [1.29, 1.82) is 0 Å². The normalized spacial score (nSPS) is 16.6. The van der Waals surface area contributed by atoms with Gasteiger partial charge in [0, 0.05) is 36.7 Å². The monoisotopic (exact) mass is 355 g/mol. The molecule has 3 aromatic rings. The average Bonchev–Trinajstić information content (AvgIpc) is 3.08. The first-order valence-corrected chi connectivity index (χ1v) is 8.51. The lowest BCUT2D eigenvalue weighted by molar-refractivity contribution is -0.116. The minimum absolute atomic E-state index is 0.0539. The molecule has 1 unspecified atom stereocenters. The van der Waals surface area contributed by atoms with Crippen LogP contribution >= 0.6 is 11.6 Å². The third kappa shape index (κ3) is 2.82. The highest BCUT2D eigenvalue weighted by molar-refractivity contribution is 6.30. The maximum absolute atomic E-state index is 12.2. The largest absolute Gasteiger partial charge is 0.309 e. The van der Waals surface area contributed by atoms with Crippen LogP contribution in [0.25, 0.3) is 0 Å². The van der Waals surface area contributed by atoms with Gasteiger partial charge in [0.15, 0.2) is 5.82 Å². The lowest BCUT2D eigenvalue weighted by Crippen LogP contribution is -2.23. The summed E-state index contributed by atoms with van der Waals surface area (Å²) >= 11 is 6.44. The number of aryl methyl sites for hydroxylation is 2. The van der Waals surface area contributed by atoms with Gasteiger partial charge in [0.2, 0.25) is 5.91 Å². The van der Waals surface area contributed by atoms with Crippen LogP contribution in [-0.2, 0) is 18.4 Å². The molecule has 1 amide bonds. The molecule has 128 valence electrons. The fourth-order valence-electron chi connectivity index (χ4n) is 3.42. The number of nitrogens with zero attached hydrogens (tertiary/aromatic N) is 4. The summed E-state index contributed by atoms with van der Waals surface area (Å²) in [4.78, 5) is 12.2. The molecule has 7 heteroatoms. The van der Waals surface area contributed by atoms with E-state index in [9.17, 15) is 4.79 Å². The second-order valence-electron chi connectivity index (χ2n) is 6.33. The van der Waals surface area contributed by atoms with Gasteiger partial charge in [0.1, 0.15) is 5.15 Å². The molecular weight excluding hydrogens is 338 g/mol. The molecule has 0 fully saturated rings. The Morgan fingerprint density at radius 3 is 2.72 bits per heavy atom. The van der Waals surface area contributed by atoms with Gasteiger partial charge in [-0.2, -0.15) is 10.2 Å². The van der Waals surface area contributed by atoms with E-state index < -0.39 is 0 Å². The molecule has 1 aliphatic rings. The third-order valence-electron chi connectivity index (χ3n) is 4.54. The van der Waals surface area contributed by atoms with Crippen LogP contribution in [0.5, 0.6) is 0 Å².